The third-order valence-electron chi connectivity index (χ3n) is 4.08. The van der Waals surface area contributed by atoms with E-state index >= 15 is 0 Å². The zero-order valence-electron chi connectivity index (χ0n) is 12.0. The molecule has 1 N–H and O–H groups in total. The highest BCUT2D eigenvalue weighted by molar-refractivity contribution is 5.81. The number of ether oxygens (including phenoxy) is 1. The van der Waals surface area contributed by atoms with Gasteiger partial charge >= 0.3 is 5.97 Å². The highest BCUT2D eigenvalue weighted by atomic mass is 16.5. The molecule has 2 atom stereocenters. The molecule has 1 aliphatic heterocycles. The number of rotatable bonds is 3. The van der Waals surface area contributed by atoms with E-state index in [0.717, 1.165) is 29.5 Å². The van der Waals surface area contributed by atoms with Crippen LogP contribution < -0.4 is 0 Å². The number of likely N-dealkylation sites (tertiary alicyclic amines) is 1. The lowest BCUT2D eigenvalue weighted by molar-refractivity contribution is -0.154. The minimum atomic E-state index is -0.677. The van der Waals surface area contributed by atoms with Crippen LogP contribution in [0.5, 0.6) is 0 Å². The van der Waals surface area contributed by atoms with Crippen LogP contribution in [0.25, 0.3) is 11.0 Å². The fourth-order valence-electron chi connectivity index (χ4n) is 3.02. The van der Waals surface area contributed by atoms with E-state index in [4.69, 9.17) is 9.15 Å². The van der Waals surface area contributed by atoms with Gasteiger partial charge < -0.3 is 14.3 Å². The molecule has 112 valence electrons. The number of hydrogen-bond acceptors (Lipinski definition) is 5. The summed E-state index contributed by atoms with van der Waals surface area (Å²) in [6.07, 6.45) is 2.54. The second-order valence-corrected chi connectivity index (χ2v) is 5.41. The summed E-state index contributed by atoms with van der Waals surface area (Å²) in [6.45, 7) is 1.32. The molecule has 2 aromatic rings. The van der Waals surface area contributed by atoms with Gasteiger partial charge in [0.15, 0.2) is 0 Å². The first kappa shape index (κ1) is 14.1. The molecule has 1 aliphatic rings. The zero-order chi connectivity index (χ0) is 14.8. The molecule has 0 unspecified atom stereocenters. The lowest BCUT2D eigenvalue weighted by atomic mass is 9.98. The van der Waals surface area contributed by atoms with Gasteiger partial charge in [0.1, 0.15) is 11.6 Å². The number of nitrogens with zero attached hydrogens (tertiary/aromatic N) is 1. The van der Waals surface area contributed by atoms with Gasteiger partial charge in [0, 0.05) is 17.5 Å². The van der Waals surface area contributed by atoms with Gasteiger partial charge in [0.25, 0.3) is 0 Å². The van der Waals surface area contributed by atoms with Crippen LogP contribution >= 0.6 is 0 Å². The Morgan fingerprint density at radius 1 is 1.48 bits per heavy atom. The van der Waals surface area contributed by atoms with Crippen molar-refractivity contribution in [3.05, 3.63) is 36.1 Å². The Balaban J connectivity index is 1.86. The van der Waals surface area contributed by atoms with E-state index in [0.29, 0.717) is 13.0 Å². The number of esters is 1. The standard InChI is InChI=1S/C16H19NO4/c1-20-16(19)15-13(18)6-4-8-17(15)9-11-10-21-14-7-3-2-5-12(11)14/h2-3,5,7,10,13,15,18H,4,6,8-9H2,1H3/t13-,15-/m0/s1. The van der Waals surface area contributed by atoms with E-state index in [1.165, 1.54) is 7.11 Å². The molecule has 1 aromatic heterocycles. The minimum absolute atomic E-state index is 0.380. The largest absolute Gasteiger partial charge is 0.468 e. The van der Waals surface area contributed by atoms with Gasteiger partial charge in [-0.25, -0.2) is 0 Å². The monoisotopic (exact) mass is 289 g/mol. The fraction of sp³-hybridized carbons (Fsp3) is 0.438. The quantitative estimate of drug-likeness (QED) is 0.875. The molecule has 5 heteroatoms. The van der Waals surface area contributed by atoms with Crippen molar-refractivity contribution in [2.75, 3.05) is 13.7 Å². The van der Waals surface area contributed by atoms with Gasteiger partial charge in [-0.05, 0) is 25.5 Å². The molecule has 0 bridgehead atoms. The van der Waals surface area contributed by atoms with Crippen LogP contribution in [0.1, 0.15) is 18.4 Å². The van der Waals surface area contributed by atoms with Gasteiger partial charge in [0.05, 0.1) is 19.5 Å². The average molecular weight is 289 g/mol. The number of carbonyl (C=O) groups excluding carboxylic acids is 1. The maximum absolute atomic E-state index is 11.9. The summed E-state index contributed by atoms with van der Waals surface area (Å²) in [5, 5.41) is 11.2. The molecule has 0 radical (unpaired) electrons. The Kier molecular flexibility index (Phi) is 3.94. The molecule has 5 nitrogen and oxygen atoms in total. The molecule has 1 aromatic carbocycles. The Hall–Kier alpha value is -1.85. The van der Waals surface area contributed by atoms with Crippen LogP contribution in [0, 0.1) is 0 Å². The van der Waals surface area contributed by atoms with Gasteiger partial charge in [-0.1, -0.05) is 18.2 Å². The molecular weight excluding hydrogens is 270 g/mol. The molecule has 21 heavy (non-hydrogen) atoms. The number of benzene rings is 1. The minimum Gasteiger partial charge on any atom is -0.468 e. The van der Waals surface area contributed by atoms with Gasteiger partial charge in [-0.2, -0.15) is 0 Å². The molecule has 0 amide bonds. The summed E-state index contributed by atoms with van der Waals surface area (Å²) in [5.74, 6) is -0.380. The SMILES string of the molecule is COC(=O)[C@@H]1[C@@H](O)CCCN1Cc1coc2ccccc12. The number of methoxy groups -OCH3 is 1. The molecular formula is C16H19NO4. The summed E-state index contributed by atoms with van der Waals surface area (Å²) < 4.78 is 10.4. The smallest absolute Gasteiger partial charge is 0.325 e. The highest BCUT2D eigenvalue weighted by Gasteiger charge is 2.36. The summed E-state index contributed by atoms with van der Waals surface area (Å²) in [4.78, 5) is 13.9. The Bertz CT molecular complexity index is 636. The first-order chi connectivity index (χ1) is 10.2. The number of carbonyl (C=O) groups is 1. The molecule has 0 aliphatic carbocycles. The van der Waals surface area contributed by atoms with E-state index in [-0.39, 0.29) is 5.97 Å². The van der Waals surface area contributed by atoms with Crippen LogP contribution in [-0.2, 0) is 16.1 Å². The molecule has 3 rings (SSSR count). The third kappa shape index (κ3) is 2.66. The number of para-hydroxylation sites is 1. The predicted molar refractivity (Wildman–Crippen MR) is 77.7 cm³/mol. The maximum atomic E-state index is 11.9. The summed E-state index contributed by atoms with van der Waals surface area (Å²) in [5.41, 5.74) is 1.85. The topological polar surface area (TPSA) is 62.9 Å². The van der Waals surface area contributed by atoms with E-state index < -0.39 is 12.1 Å². The van der Waals surface area contributed by atoms with E-state index in [9.17, 15) is 9.90 Å². The van der Waals surface area contributed by atoms with Crippen LogP contribution in [0.2, 0.25) is 0 Å². The van der Waals surface area contributed by atoms with Crippen LogP contribution in [0.3, 0.4) is 0 Å². The van der Waals surface area contributed by atoms with Crippen molar-refractivity contribution in [1.29, 1.82) is 0 Å². The van der Waals surface area contributed by atoms with E-state index in [1.807, 2.05) is 29.2 Å². The molecule has 0 saturated carbocycles. The summed E-state index contributed by atoms with van der Waals surface area (Å²) >= 11 is 0. The number of piperidine rings is 1. The molecule has 2 heterocycles. The van der Waals surface area contributed by atoms with Crippen LogP contribution in [0.4, 0.5) is 0 Å². The molecule has 1 fully saturated rings. The summed E-state index contributed by atoms with van der Waals surface area (Å²) in [7, 11) is 1.36. The van der Waals surface area contributed by atoms with Crippen molar-refractivity contribution in [1.82, 2.24) is 4.90 Å². The highest BCUT2D eigenvalue weighted by Crippen LogP contribution is 2.26. The lowest BCUT2D eigenvalue weighted by Crippen LogP contribution is -2.52. The number of aliphatic hydroxyl groups is 1. The number of fused-ring (bicyclic) bond motifs is 1. The predicted octanol–water partition coefficient (Wildman–Crippen LogP) is 1.93. The van der Waals surface area contributed by atoms with Crippen molar-refractivity contribution < 1.29 is 19.1 Å². The second-order valence-electron chi connectivity index (χ2n) is 5.41. The third-order valence-corrected chi connectivity index (χ3v) is 4.08. The van der Waals surface area contributed by atoms with Crippen LogP contribution in [0.15, 0.2) is 34.9 Å². The Morgan fingerprint density at radius 3 is 3.10 bits per heavy atom. The van der Waals surface area contributed by atoms with Crippen molar-refractivity contribution in [2.45, 2.75) is 31.5 Å². The number of aliphatic hydroxyl groups excluding tert-OH is 1. The van der Waals surface area contributed by atoms with Crippen molar-refractivity contribution in [3.8, 4) is 0 Å². The first-order valence-electron chi connectivity index (χ1n) is 7.16. The fourth-order valence-corrected chi connectivity index (χ4v) is 3.02. The Morgan fingerprint density at radius 2 is 2.29 bits per heavy atom. The average Bonchev–Trinajstić information content (AvgIpc) is 2.90. The second kappa shape index (κ2) is 5.87. The number of furan rings is 1. The summed E-state index contributed by atoms with van der Waals surface area (Å²) in [6, 6.07) is 7.21. The zero-order valence-corrected chi connectivity index (χ0v) is 12.0. The lowest BCUT2D eigenvalue weighted by Gasteiger charge is -2.36. The first-order valence-corrected chi connectivity index (χ1v) is 7.16. The normalized spacial score (nSPS) is 23.3. The van der Waals surface area contributed by atoms with Crippen molar-refractivity contribution >= 4 is 16.9 Å². The Labute approximate surface area is 123 Å². The van der Waals surface area contributed by atoms with Gasteiger partial charge in [-0.3, -0.25) is 9.69 Å². The number of hydrogen-bond donors (Lipinski definition) is 1. The van der Waals surface area contributed by atoms with E-state index in [2.05, 4.69) is 0 Å². The maximum Gasteiger partial charge on any atom is 0.325 e. The molecule has 1 saturated heterocycles. The van der Waals surface area contributed by atoms with Crippen LogP contribution in [-0.4, -0.2) is 41.8 Å². The van der Waals surface area contributed by atoms with Gasteiger partial charge in [-0.15, -0.1) is 0 Å². The van der Waals surface area contributed by atoms with Gasteiger partial charge in [0.2, 0.25) is 0 Å². The van der Waals surface area contributed by atoms with E-state index in [1.54, 1.807) is 6.26 Å². The van der Waals surface area contributed by atoms with Crippen molar-refractivity contribution in [2.24, 2.45) is 0 Å². The van der Waals surface area contributed by atoms with Crippen molar-refractivity contribution in [3.63, 3.8) is 0 Å². The molecule has 0 spiro atoms.